The standard InChI is InChI=1S/C13H20N6/c1-13(2,3)15-11-8-6-5-7-10(11)14-9-12-16-17-18-19(12)4/h5-8,14-15H,9H2,1-4H3. The summed E-state index contributed by atoms with van der Waals surface area (Å²) in [4.78, 5) is 0. The van der Waals surface area contributed by atoms with Gasteiger partial charge in [-0.25, -0.2) is 4.68 Å². The van der Waals surface area contributed by atoms with E-state index in [1.165, 1.54) is 0 Å². The van der Waals surface area contributed by atoms with Gasteiger partial charge in [-0.15, -0.1) is 5.10 Å². The van der Waals surface area contributed by atoms with Crippen molar-refractivity contribution in [2.45, 2.75) is 32.9 Å². The summed E-state index contributed by atoms with van der Waals surface area (Å²) in [5, 5.41) is 18.2. The zero-order valence-electron chi connectivity index (χ0n) is 11.8. The Bertz CT molecular complexity index is 540. The van der Waals surface area contributed by atoms with Crippen LogP contribution in [0.4, 0.5) is 11.4 Å². The average Bonchev–Trinajstić information content (AvgIpc) is 2.72. The maximum Gasteiger partial charge on any atom is 0.170 e. The van der Waals surface area contributed by atoms with Gasteiger partial charge in [0, 0.05) is 12.6 Å². The second-order valence-corrected chi connectivity index (χ2v) is 5.49. The molecule has 0 saturated carbocycles. The Morgan fingerprint density at radius 1 is 1.16 bits per heavy atom. The zero-order chi connectivity index (χ0) is 13.9. The quantitative estimate of drug-likeness (QED) is 0.880. The Morgan fingerprint density at radius 2 is 1.84 bits per heavy atom. The predicted octanol–water partition coefficient (Wildman–Crippen LogP) is 2.03. The molecule has 0 fully saturated rings. The van der Waals surface area contributed by atoms with Gasteiger partial charge in [0.05, 0.1) is 17.9 Å². The molecule has 1 heterocycles. The maximum atomic E-state index is 3.95. The van der Waals surface area contributed by atoms with Gasteiger partial charge < -0.3 is 10.6 Å². The van der Waals surface area contributed by atoms with E-state index in [1.54, 1.807) is 4.68 Å². The molecule has 0 aliphatic rings. The third kappa shape index (κ3) is 3.67. The van der Waals surface area contributed by atoms with Crippen LogP contribution in [0.1, 0.15) is 26.6 Å². The third-order valence-corrected chi connectivity index (χ3v) is 2.58. The Labute approximate surface area is 113 Å². The fourth-order valence-corrected chi connectivity index (χ4v) is 1.72. The Morgan fingerprint density at radius 3 is 2.42 bits per heavy atom. The van der Waals surface area contributed by atoms with E-state index in [-0.39, 0.29) is 5.54 Å². The summed E-state index contributed by atoms with van der Waals surface area (Å²) in [5.41, 5.74) is 2.13. The van der Waals surface area contributed by atoms with Gasteiger partial charge in [0.15, 0.2) is 5.82 Å². The van der Waals surface area contributed by atoms with E-state index in [0.717, 1.165) is 17.2 Å². The van der Waals surface area contributed by atoms with E-state index in [0.29, 0.717) is 6.54 Å². The molecule has 0 saturated heterocycles. The van der Waals surface area contributed by atoms with Crippen molar-refractivity contribution < 1.29 is 0 Å². The smallest absolute Gasteiger partial charge is 0.170 e. The van der Waals surface area contributed by atoms with Gasteiger partial charge in [0.25, 0.3) is 0 Å². The number of nitrogens with zero attached hydrogens (tertiary/aromatic N) is 4. The topological polar surface area (TPSA) is 67.7 Å². The van der Waals surface area contributed by atoms with Crippen molar-refractivity contribution >= 4 is 11.4 Å². The summed E-state index contributed by atoms with van der Waals surface area (Å²) >= 11 is 0. The minimum absolute atomic E-state index is 0.0180. The monoisotopic (exact) mass is 260 g/mol. The molecule has 19 heavy (non-hydrogen) atoms. The highest BCUT2D eigenvalue weighted by molar-refractivity contribution is 5.69. The molecule has 6 nitrogen and oxygen atoms in total. The van der Waals surface area contributed by atoms with E-state index in [2.05, 4.69) is 53.0 Å². The van der Waals surface area contributed by atoms with Gasteiger partial charge in [-0.2, -0.15) is 0 Å². The summed E-state index contributed by atoms with van der Waals surface area (Å²) in [6.45, 7) is 7.00. The first kappa shape index (κ1) is 13.3. The largest absolute Gasteiger partial charge is 0.379 e. The van der Waals surface area contributed by atoms with E-state index >= 15 is 0 Å². The predicted molar refractivity (Wildman–Crippen MR) is 75.9 cm³/mol. The number of hydrogen-bond acceptors (Lipinski definition) is 5. The summed E-state index contributed by atoms with van der Waals surface area (Å²) in [7, 11) is 1.83. The average molecular weight is 260 g/mol. The number of nitrogens with one attached hydrogen (secondary N) is 2. The number of tetrazole rings is 1. The lowest BCUT2D eigenvalue weighted by atomic mass is 10.1. The normalized spacial score (nSPS) is 11.4. The van der Waals surface area contributed by atoms with E-state index in [1.807, 2.05) is 25.2 Å². The van der Waals surface area contributed by atoms with Crippen LogP contribution in [0.2, 0.25) is 0 Å². The summed E-state index contributed by atoms with van der Waals surface area (Å²) in [6, 6.07) is 8.12. The Balaban J connectivity index is 2.10. The number of benzene rings is 1. The van der Waals surface area contributed by atoms with Crippen LogP contribution in [0.15, 0.2) is 24.3 Å². The molecule has 0 amide bonds. The first-order valence-corrected chi connectivity index (χ1v) is 6.28. The third-order valence-electron chi connectivity index (χ3n) is 2.58. The highest BCUT2D eigenvalue weighted by atomic mass is 15.5. The molecule has 1 aromatic carbocycles. The lowest BCUT2D eigenvalue weighted by molar-refractivity contribution is 0.634. The van der Waals surface area contributed by atoms with Gasteiger partial charge in [-0.1, -0.05) is 12.1 Å². The summed E-state index contributed by atoms with van der Waals surface area (Å²) in [5.74, 6) is 0.797. The van der Waals surface area contributed by atoms with Gasteiger partial charge in [-0.3, -0.25) is 0 Å². The van der Waals surface area contributed by atoms with Gasteiger partial charge >= 0.3 is 0 Å². The van der Waals surface area contributed by atoms with Gasteiger partial charge in [0.2, 0.25) is 0 Å². The lowest BCUT2D eigenvalue weighted by Crippen LogP contribution is -2.26. The van der Waals surface area contributed by atoms with Gasteiger partial charge in [0.1, 0.15) is 0 Å². The zero-order valence-corrected chi connectivity index (χ0v) is 11.8. The number of aromatic nitrogens is 4. The molecule has 2 aromatic rings. The fourth-order valence-electron chi connectivity index (χ4n) is 1.72. The molecule has 0 spiro atoms. The minimum atomic E-state index is 0.0180. The molecule has 0 aliphatic heterocycles. The molecule has 1 aromatic heterocycles. The second kappa shape index (κ2) is 5.26. The minimum Gasteiger partial charge on any atom is -0.379 e. The Kier molecular flexibility index (Phi) is 3.69. The number of rotatable bonds is 4. The van der Waals surface area contributed by atoms with Crippen LogP contribution >= 0.6 is 0 Å². The van der Waals surface area contributed by atoms with Crippen LogP contribution < -0.4 is 10.6 Å². The van der Waals surface area contributed by atoms with Crippen molar-refractivity contribution in [1.29, 1.82) is 0 Å². The number of hydrogen-bond donors (Lipinski definition) is 2. The van der Waals surface area contributed by atoms with Crippen LogP contribution in [0.25, 0.3) is 0 Å². The number of anilines is 2. The van der Waals surface area contributed by atoms with E-state index < -0.39 is 0 Å². The molecule has 6 heteroatoms. The Hall–Kier alpha value is -2.11. The van der Waals surface area contributed by atoms with Crippen LogP contribution in [0.5, 0.6) is 0 Å². The first-order chi connectivity index (χ1) is 8.96. The molecule has 102 valence electrons. The SMILES string of the molecule is Cn1nnnc1CNc1ccccc1NC(C)(C)C. The molecule has 2 N–H and O–H groups in total. The van der Waals surface area contributed by atoms with Crippen molar-refractivity contribution in [3.05, 3.63) is 30.1 Å². The van der Waals surface area contributed by atoms with Gasteiger partial charge in [-0.05, 0) is 43.3 Å². The van der Waals surface area contributed by atoms with Crippen molar-refractivity contribution in [2.75, 3.05) is 10.6 Å². The molecular weight excluding hydrogens is 240 g/mol. The van der Waals surface area contributed by atoms with Crippen LogP contribution in [-0.2, 0) is 13.6 Å². The molecule has 0 radical (unpaired) electrons. The number of para-hydroxylation sites is 2. The molecule has 2 rings (SSSR count). The van der Waals surface area contributed by atoms with Crippen molar-refractivity contribution in [3.63, 3.8) is 0 Å². The van der Waals surface area contributed by atoms with Crippen molar-refractivity contribution in [1.82, 2.24) is 20.2 Å². The maximum absolute atomic E-state index is 3.95. The highest BCUT2D eigenvalue weighted by Crippen LogP contribution is 2.24. The van der Waals surface area contributed by atoms with E-state index in [4.69, 9.17) is 0 Å². The van der Waals surface area contributed by atoms with E-state index in [9.17, 15) is 0 Å². The van der Waals surface area contributed by atoms with Crippen LogP contribution in [-0.4, -0.2) is 25.7 Å². The van der Waals surface area contributed by atoms with Crippen LogP contribution in [0, 0.1) is 0 Å². The lowest BCUT2D eigenvalue weighted by Gasteiger charge is -2.24. The second-order valence-electron chi connectivity index (χ2n) is 5.49. The van der Waals surface area contributed by atoms with Crippen molar-refractivity contribution in [3.8, 4) is 0 Å². The molecule has 0 aliphatic carbocycles. The highest BCUT2D eigenvalue weighted by Gasteiger charge is 2.12. The fraction of sp³-hybridized carbons (Fsp3) is 0.462. The summed E-state index contributed by atoms with van der Waals surface area (Å²) in [6.07, 6.45) is 0. The molecule has 0 unspecified atom stereocenters. The molecular formula is C13H20N6. The molecule has 0 bridgehead atoms. The summed E-state index contributed by atoms with van der Waals surface area (Å²) < 4.78 is 1.66. The molecule has 0 atom stereocenters. The number of aryl methyl sites for hydroxylation is 1. The van der Waals surface area contributed by atoms with Crippen LogP contribution in [0.3, 0.4) is 0 Å². The first-order valence-electron chi connectivity index (χ1n) is 6.28. The van der Waals surface area contributed by atoms with Crippen molar-refractivity contribution in [2.24, 2.45) is 7.05 Å².